The Labute approximate surface area is 121 Å². The molecular weight excluding hydrogens is 274 g/mol. The van der Waals surface area contributed by atoms with E-state index in [4.69, 9.17) is 16.0 Å². The molecule has 20 heavy (non-hydrogen) atoms. The normalized spacial score (nSPS) is 10.4. The van der Waals surface area contributed by atoms with Crippen molar-refractivity contribution in [3.8, 4) is 11.3 Å². The van der Waals surface area contributed by atoms with Gasteiger partial charge in [-0.25, -0.2) is 4.98 Å². The molecule has 3 aromatic rings. The van der Waals surface area contributed by atoms with Gasteiger partial charge in [0.25, 0.3) is 0 Å². The van der Waals surface area contributed by atoms with Crippen molar-refractivity contribution in [2.45, 2.75) is 6.54 Å². The zero-order valence-corrected chi connectivity index (χ0v) is 11.3. The molecule has 0 saturated carbocycles. The molecule has 0 unspecified atom stereocenters. The highest BCUT2D eigenvalue weighted by atomic mass is 35.5. The number of halogens is 1. The number of benzene rings is 1. The molecule has 1 aromatic carbocycles. The van der Waals surface area contributed by atoms with Gasteiger partial charge in [-0.05, 0) is 24.3 Å². The molecule has 0 aliphatic carbocycles. The molecule has 2 aromatic heterocycles. The molecule has 0 bridgehead atoms. The summed E-state index contributed by atoms with van der Waals surface area (Å²) in [5.41, 5.74) is 1.77. The Kier molecular flexibility index (Phi) is 3.65. The van der Waals surface area contributed by atoms with Crippen molar-refractivity contribution in [3.05, 3.63) is 65.8 Å². The molecule has 0 atom stereocenters. The average Bonchev–Trinajstić information content (AvgIpc) is 3.00. The second-order valence-corrected chi connectivity index (χ2v) is 4.67. The summed E-state index contributed by atoms with van der Waals surface area (Å²) in [6.07, 6.45) is 5.05. The fraction of sp³-hybridized carbons (Fsp3) is 0.0667. The van der Waals surface area contributed by atoms with Crippen LogP contribution in [0, 0.1) is 0 Å². The van der Waals surface area contributed by atoms with Crippen molar-refractivity contribution in [1.29, 1.82) is 0 Å². The summed E-state index contributed by atoms with van der Waals surface area (Å²) in [4.78, 5) is 8.71. The number of nitrogens with one attached hydrogen (secondary N) is 1. The molecule has 4 nitrogen and oxygen atoms in total. The smallest absolute Gasteiger partial charge is 0.145 e. The van der Waals surface area contributed by atoms with Gasteiger partial charge in [-0.3, -0.25) is 4.98 Å². The van der Waals surface area contributed by atoms with Gasteiger partial charge in [0.15, 0.2) is 0 Å². The second-order valence-electron chi connectivity index (χ2n) is 4.23. The quantitative estimate of drug-likeness (QED) is 0.787. The first-order valence-corrected chi connectivity index (χ1v) is 6.53. The SMILES string of the molecule is Clc1ccc(-c2cncc(NCc3ccco3)n2)cc1. The Balaban J connectivity index is 1.77. The second kappa shape index (κ2) is 5.75. The Morgan fingerprint density at radius 3 is 2.70 bits per heavy atom. The summed E-state index contributed by atoms with van der Waals surface area (Å²) in [6.45, 7) is 0.575. The minimum Gasteiger partial charge on any atom is -0.467 e. The van der Waals surface area contributed by atoms with Crippen molar-refractivity contribution in [2.24, 2.45) is 0 Å². The first kappa shape index (κ1) is 12.7. The van der Waals surface area contributed by atoms with Gasteiger partial charge in [-0.15, -0.1) is 0 Å². The van der Waals surface area contributed by atoms with Gasteiger partial charge >= 0.3 is 0 Å². The number of rotatable bonds is 4. The molecule has 1 N–H and O–H groups in total. The van der Waals surface area contributed by atoms with E-state index in [0.717, 1.165) is 17.0 Å². The molecule has 0 radical (unpaired) electrons. The zero-order chi connectivity index (χ0) is 13.8. The van der Waals surface area contributed by atoms with Crippen LogP contribution in [0.25, 0.3) is 11.3 Å². The monoisotopic (exact) mass is 285 g/mol. The minimum atomic E-state index is 0.575. The van der Waals surface area contributed by atoms with E-state index in [1.54, 1.807) is 18.7 Å². The molecule has 0 fully saturated rings. The zero-order valence-electron chi connectivity index (χ0n) is 10.6. The van der Waals surface area contributed by atoms with Gasteiger partial charge in [0.05, 0.1) is 30.9 Å². The van der Waals surface area contributed by atoms with E-state index in [2.05, 4.69) is 15.3 Å². The third kappa shape index (κ3) is 2.97. The Morgan fingerprint density at radius 1 is 1.10 bits per heavy atom. The Bertz CT molecular complexity index is 681. The summed E-state index contributed by atoms with van der Waals surface area (Å²) >= 11 is 5.88. The molecule has 0 aliphatic rings. The van der Waals surface area contributed by atoms with Gasteiger partial charge in [0.1, 0.15) is 11.6 Å². The summed E-state index contributed by atoms with van der Waals surface area (Å²) in [5.74, 6) is 1.55. The first-order valence-electron chi connectivity index (χ1n) is 6.15. The van der Waals surface area contributed by atoms with Gasteiger partial charge in [0.2, 0.25) is 0 Å². The van der Waals surface area contributed by atoms with Gasteiger partial charge in [-0.1, -0.05) is 23.7 Å². The number of furan rings is 1. The third-order valence-electron chi connectivity index (χ3n) is 2.80. The summed E-state index contributed by atoms with van der Waals surface area (Å²) in [5, 5.41) is 3.88. The Hall–Kier alpha value is -2.33. The van der Waals surface area contributed by atoms with E-state index >= 15 is 0 Å². The maximum Gasteiger partial charge on any atom is 0.145 e. The molecule has 5 heteroatoms. The van der Waals surface area contributed by atoms with Crippen molar-refractivity contribution in [1.82, 2.24) is 9.97 Å². The van der Waals surface area contributed by atoms with E-state index in [1.807, 2.05) is 36.4 Å². The average molecular weight is 286 g/mol. The van der Waals surface area contributed by atoms with Crippen LogP contribution in [0.2, 0.25) is 5.02 Å². The molecule has 0 amide bonds. The highest BCUT2D eigenvalue weighted by molar-refractivity contribution is 6.30. The molecule has 0 aliphatic heterocycles. The van der Waals surface area contributed by atoms with Gasteiger partial charge in [-0.2, -0.15) is 0 Å². The predicted molar refractivity (Wildman–Crippen MR) is 78.5 cm³/mol. The maximum absolute atomic E-state index is 5.88. The van der Waals surface area contributed by atoms with Crippen LogP contribution in [0.5, 0.6) is 0 Å². The lowest BCUT2D eigenvalue weighted by Crippen LogP contribution is -2.01. The van der Waals surface area contributed by atoms with Crippen molar-refractivity contribution < 1.29 is 4.42 Å². The lowest BCUT2D eigenvalue weighted by atomic mass is 10.2. The van der Waals surface area contributed by atoms with Crippen molar-refractivity contribution in [3.63, 3.8) is 0 Å². The maximum atomic E-state index is 5.88. The van der Waals surface area contributed by atoms with Crippen LogP contribution in [0.3, 0.4) is 0 Å². The number of hydrogen-bond donors (Lipinski definition) is 1. The topological polar surface area (TPSA) is 51.0 Å². The highest BCUT2D eigenvalue weighted by Crippen LogP contribution is 2.20. The van der Waals surface area contributed by atoms with Crippen LogP contribution in [-0.2, 0) is 6.54 Å². The molecule has 0 spiro atoms. The van der Waals surface area contributed by atoms with Crippen LogP contribution >= 0.6 is 11.6 Å². The van der Waals surface area contributed by atoms with E-state index in [-0.39, 0.29) is 0 Å². The third-order valence-corrected chi connectivity index (χ3v) is 3.05. The summed E-state index contributed by atoms with van der Waals surface area (Å²) in [6, 6.07) is 11.3. The van der Waals surface area contributed by atoms with Gasteiger partial charge < -0.3 is 9.73 Å². The molecular formula is C15H12ClN3O. The van der Waals surface area contributed by atoms with E-state index in [9.17, 15) is 0 Å². The number of anilines is 1. The van der Waals surface area contributed by atoms with Crippen LogP contribution in [0.1, 0.15) is 5.76 Å². The largest absolute Gasteiger partial charge is 0.467 e. The molecule has 100 valence electrons. The number of hydrogen-bond acceptors (Lipinski definition) is 4. The van der Waals surface area contributed by atoms with Crippen LogP contribution in [-0.4, -0.2) is 9.97 Å². The number of aromatic nitrogens is 2. The summed E-state index contributed by atoms with van der Waals surface area (Å²) < 4.78 is 5.26. The number of nitrogens with zero attached hydrogens (tertiary/aromatic N) is 2. The molecule has 2 heterocycles. The standard InChI is InChI=1S/C15H12ClN3O/c16-12-5-3-11(4-6-12)14-9-17-10-15(19-14)18-8-13-2-1-7-20-13/h1-7,9-10H,8H2,(H,18,19). The lowest BCUT2D eigenvalue weighted by molar-refractivity contribution is 0.518. The summed E-state index contributed by atoms with van der Waals surface area (Å²) in [7, 11) is 0. The highest BCUT2D eigenvalue weighted by Gasteiger charge is 2.03. The molecule has 3 rings (SSSR count). The van der Waals surface area contributed by atoms with Gasteiger partial charge in [0, 0.05) is 10.6 Å². The van der Waals surface area contributed by atoms with E-state index < -0.39 is 0 Å². The van der Waals surface area contributed by atoms with E-state index in [0.29, 0.717) is 17.4 Å². The fourth-order valence-corrected chi connectivity index (χ4v) is 1.93. The minimum absolute atomic E-state index is 0.575. The molecule has 0 saturated heterocycles. The lowest BCUT2D eigenvalue weighted by Gasteiger charge is -2.06. The van der Waals surface area contributed by atoms with Crippen LogP contribution in [0.4, 0.5) is 5.82 Å². The Morgan fingerprint density at radius 2 is 1.95 bits per heavy atom. The van der Waals surface area contributed by atoms with Crippen LogP contribution in [0.15, 0.2) is 59.5 Å². The fourth-order valence-electron chi connectivity index (χ4n) is 1.80. The van der Waals surface area contributed by atoms with Crippen LogP contribution < -0.4 is 5.32 Å². The van der Waals surface area contributed by atoms with Crippen molar-refractivity contribution >= 4 is 17.4 Å². The predicted octanol–water partition coefficient (Wildman–Crippen LogP) is 4.00. The van der Waals surface area contributed by atoms with E-state index in [1.165, 1.54) is 0 Å². The van der Waals surface area contributed by atoms with Crippen molar-refractivity contribution in [2.75, 3.05) is 5.32 Å². The first-order chi connectivity index (χ1) is 9.81.